The van der Waals surface area contributed by atoms with Gasteiger partial charge in [0, 0.05) is 13.6 Å². The predicted molar refractivity (Wildman–Crippen MR) is 72.7 cm³/mol. The summed E-state index contributed by atoms with van der Waals surface area (Å²) in [7, 11) is 1.64. The minimum atomic E-state index is -1.06. The average Bonchev–Trinajstić information content (AvgIpc) is 2.35. The Balaban J connectivity index is 2.51. The molecule has 5 heteroatoms. The van der Waals surface area contributed by atoms with Gasteiger partial charge >= 0.3 is 5.97 Å². The maximum Gasteiger partial charge on any atom is 0.305 e. The number of hydrogen-bond acceptors (Lipinski definition) is 3. The van der Waals surface area contributed by atoms with Gasteiger partial charge in [0.15, 0.2) is 0 Å². The number of hydrogen-bond donors (Lipinski definition) is 2. The molecule has 0 aromatic heterocycles. The van der Waals surface area contributed by atoms with Crippen LogP contribution in [0.5, 0.6) is 0 Å². The molecule has 0 aliphatic carbocycles. The van der Waals surface area contributed by atoms with Crippen molar-refractivity contribution in [3.63, 3.8) is 0 Å². The van der Waals surface area contributed by atoms with E-state index in [2.05, 4.69) is 0 Å². The van der Waals surface area contributed by atoms with Crippen LogP contribution in [0.15, 0.2) is 24.3 Å². The van der Waals surface area contributed by atoms with E-state index in [4.69, 9.17) is 10.8 Å². The van der Waals surface area contributed by atoms with Crippen LogP contribution in [0.25, 0.3) is 0 Å². The third-order valence-electron chi connectivity index (χ3n) is 3.07. The van der Waals surface area contributed by atoms with Crippen LogP contribution in [0.1, 0.15) is 17.5 Å². The van der Waals surface area contributed by atoms with E-state index in [0.717, 1.165) is 6.42 Å². The van der Waals surface area contributed by atoms with Crippen molar-refractivity contribution in [3.8, 4) is 0 Å². The highest BCUT2D eigenvalue weighted by Gasteiger charge is 2.20. The molecule has 0 radical (unpaired) electrons. The molecule has 0 heterocycles. The molecular formula is C14H20N2O3. The Labute approximate surface area is 113 Å². The molecule has 0 aliphatic heterocycles. The SMILES string of the molecule is Cc1ccccc1CCN(C)C(=O)C(N)CC(=O)O. The highest BCUT2D eigenvalue weighted by molar-refractivity contribution is 5.85. The number of nitrogens with zero attached hydrogens (tertiary/aromatic N) is 1. The lowest BCUT2D eigenvalue weighted by Gasteiger charge is -2.20. The zero-order valence-corrected chi connectivity index (χ0v) is 11.3. The van der Waals surface area contributed by atoms with Gasteiger partial charge in [0.05, 0.1) is 12.5 Å². The van der Waals surface area contributed by atoms with Crippen molar-refractivity contribution < 1.29 is 14.7 Å². The molecule has 1 aromatic carbocycles. The number of aliphatic carboxylic acids is 1. The maximum absolute atomic E-state index is 11.8. The molecular weight excluding hydrogens is 244 g/mol. The minimum absolute atomic E-state index is 0.337. The quantitative estimate of drug-likeness (QED) is 0.796. The Hall–Kier alpha value is -1.88. The lowest BCUT2D eigenvalue weighted by Crippen LogP contribution is -2.43. The Kier molecular flexibility index (Phi) is 5.51. The third-order valence-corrected chi connectivity index (χ3v) is 3.07. The number of aryl methyl sites for hydroxylation is 1. The number of benzene rings is 1. The van der Waals surface area contributed by atoms with Gasteiger partial charge in [-0.25, -0.2) is 0 Å². The van der Waals surface area contributed by atoms with E-state index in [1.807, 2.05) is 31.2 Å². The zero-order valence-electron chi connectivity index (χ0n) is 11.3. The summed E-state index contributed by atoms with van der Waals surface area (Å²) in [5.74, 6) is -1.40. The molecule has 0 aliphatic rings. The molecule has 1 atom stereocenters. The summed E-state index contributed by atoms with van der Waals surface area (Å²) in [6.07, 6.45) is 0.391. The van der Waals surface area contributed by atoms with Crippen LogP contribution in [0, 0.1) is 6.92 Å². The normalized spacial score (nSPS) is 11.9. The fourth-order valence-corrected chi connectivity index (χ4v) is 1.85. The standard InChI is InChI=1S/C14H20N2O3/c1-10-5-3-4-6-11(10)7-8-16(2)14(19)12(15)9-13(17)18/h3-6,12H,7-9,15H2,1-2H3,(H,17,18). The highest BCUT2D eigenvalue weighted by atomic mass is 16.4. The van der Waals surface area contributed by atoms with Crippen molar-refractivity contribution in [2.75, 3.05) is 13.6 Å². The molecule has 1 unspecified atom stereocenters. The first-order chi connectivity index (χ1) is 8.91. The van der Waals surface area contributed by atoms with E-state index in [-0.39, 0.29) is 12.3 Å². The summed E-state index contributed by atoms with van der Waals surface area (Å²) >= 11 is 0. The first-order valence-corrected chi connectivity index (χ1v) is 6.18. The molecule has 1 amide bonds. The number of rotatable bonds is 6. The predicted octanol–water partition coefficient (Wildman–Crippen LogP) is 0.798. The fraction of sp³-hybridized carbons (Fsp3) is 0.429. The number of nitrogens with two attached hydrogens (primary N) is 1. The van der Waals surface area contributed by atoms with Crippen molar-refractivity contribution in [1.29, 1.82) is 0 Å². The van der Waals surface area contributed by atoms with E-state index in [9.17, 15) is 9.59 Å². The van der Waals surface area contributed by atoms with Gasteiger partial charge in [-0.2, -0.15) is 0 Å². The number of carboxylic acids is 1. The van der Waals surface area contributed by atoms with Crippen LogP contribution in [0.2, 0.25) is 0 Å². The molecule has 0 spiro atoms. The zero-order chi connectivity index (χ0) is 14.4. The summed E-state index contributed by atoms with van der Waals surface area (Å²) in [5.41, 5.74) is 7.90. The van der Waals surface area contributed by atoms with Crippen LogP contribution < -0.4 is 5.73 Å². The van der Waals surface area contributed by atoms with Gasteiger partial charge in [0.2, 0.25) is 5.91 Å². The second kappa shape index (κ2) is 6.89. The summed E-state index contributed by atoms with van der Waals surface area (Å²) in [4.78, 5) is 23.8. The van der Waals surface area contributed by atoms with Gasteiger partial charge in [-0.1, -0.05) is 24.3 Å². The lowest BCUT2D eigenvalue weighted by atomic mass is 10.1. The fourth-order valence-electron chi connectivity index (χ4n) is 1.85. The summed E-state index contributed by atoms with van der Waals surface area (Å²) < 4.78 is 0. The van der Waals surface area contributed by atoms with Crippen molar-refractivity contribution in [3.05, 3.63) is 35.4 Å². The molecule has 0 fully saturated rings. The number of carbonyl (C=O) groups is 2. The van der Waals surface area contributed by atoms with Crippen molar-refractivity contribution in [1.82, 2.24) is 4.90 Å². The Morgan fingerprint density at radius 1 is 1.37 bits per heavy atom. The monoisotopic (exact) mass is 264 g/mol. The molecule has 0 bridgehead atoms. The Bertz CT molecular complexity index is 460. The van der Waals surface area contributed by atoms with Crippen LogP contribution in [0.3, 0.4) is 0 Å². The largest absolute Gasteiger partial charge is 0.481 e. The molecule has 19 heavy (non-hydrogen) atoms. The molecule has 104 valence electrons. The summed E-state index contributed by atoms with van der Waals surface area (Å²) in [6, 6.07) is 6.99. The highest BCUT2D eigenvalue weighted by Crippen LogP contribution is 2.08. The van der Waals surface area contributed by atoms with Gasteiger partial charge < -0.3 is 15.7 Å². The van der Waals surface area contributed by atoms with Gasteiger partial charge in [-0.3, -0.25) is 9.59 Å². The van der Waals surface area contributed by atoms with Crippen LogP contribution in [0.4, 0.5) is 0 Å². The Morgan fingerprint density at radius 2 is 2.00 bits per heavy atom. The second-order valence-electron chi connectivity index (χ2n) is 4.64. The molecule has 1 aromatic rings. The van der Waals surface area contributed by atoms with Crippen molar-refractivity contribution >= 4 is 11.9 Å². The first-order valence-electron chi connectivity index (χ1n) is 6.18. The molecule has 1 rings (SSSR count). The van der Waals surface area contributed by atoms with Crippen molar-refractivity contribution in [2.45, 2.75) is 25.8 Å². The maximum atomic E-state index is 11.8. The second-order valence-corrected chi connectivity index (χ2v) is 4.64. The van der Waals surface area contributed by atoms with E-state index in [0.29, 0.717) is 6.54 Å². The summed E-state index contributed by atoms with van der Waals surface area (Å²) in [5, 5.41) is 8.61. The minimum Gasteiger partial charge on any atom is -0.481 e. The molecule has 5 nitrogen and oxygen atoms in total. The van der Waals surface area contributed by atoms with Crippen molar-refractivity contribution in [2.24, 2.45) is 5.73 Å². The number of carboxylic acid groups (broad SMARTS) is 1. The van der Waals surface area contributed by atoms with Gasteiger partial charge in [-0.15, -0.1) is 0 Å². The molecule has 0 saturated carbocycles. The van der Waals surface area contributed by atoms with E-state index >= 15 is 0 Å². The number of carbonyl (C=O) groups excluding carboxylic acids is 1. The van der Waals surface area contributed by atoms with E-state index in [1.54, 1.807) is 7.05 Å². The van der Waals surface area contributed by atoms with Crippen LogP contribution in [-0.2, 0) is 16.0 Å². The van der Waals surface area contributed by atoms with Crippen LogP contribution in [-0.4, -0.2) is 41.5 Å². The Morgan fingerprint density at radius 3 is 2.58 bits per heavy atom. The summed E-state index contributed by atoms with van der Waals surface area (Å²) in [6.45, 7) is 2.55. The number of amides is 1. The topological polar surface area (TPSA) is 83.6 Å². The molecule has 3 N–H and O–H groups in total. The van der Waals surface area contributed by atoms with E-state index in [1.165, 1.54) is 16.0 Å². The number of likely N-dealkylation sites (N-methyl/N-ethyl adjacent to an activating group) is 1. The average molecular weight is 264 g/mol. The smallest absolute Gasteiger partial charge is 0.305 e. The third kappa shape index (κ3) is 4.71. The lowest BCUT2D eigenvalue weighted by molar-refractivity contribution is -0.141. The van der Waals surface area contributed by atoms with Crippen LogP contribution >= 0.6 is 0 Å². The first kappa shape index (κ1) is 15.2. The van der Waals surface area contributed by atoms with E-state index < -0.39 is 12.0 Å². The van der Waals surface area contributed by atoms with Gasteiger partial charge in [0.1, 0.15) is 0 Å². The molecule has 0 saturated heterocycles. The van der Waals surface area contributed by atoms with Gasteiger partial charge in [-0.05, 0) is 24.5 Å². The van der Waals surface area contributed by atoms with Gasteiger partial charge in [0.25, 0.3) is 0 Å².